The number of halogens is 5. The van der Waals surface area contributed by atoms with E-state index in [0.29, 0.717) is 29.3 Å². The topological polar surface area (TPSA) is 0 Å². The van der Waals surface area contributed by atoms with Crippen LogP contribution in [0, 0.1) is 0 Å². The first kappa shape index (κ1) is 24.1. The first-order valence-corrected chi connectivity index (χ1v) is 12.1. The third-order valence-corrected chi connectivity index (χ3v) is 7.03. The Morgan fingerprint density at radius 1 is 0.447 bits per heavy atom. The summed E-state index contributed by atoms with van der Waals surface area (Å²) >= 11 is 0. The number of hydrogen-bond acceptors (Lipinski definition) is 0. The molecule has 0 atom stereocenters. The highest BCUT2D eigenvalue weighted by atomic mass is 19.4. The molecule has 6 rings (SSSR count). The van der Waals surface area contributed by atoms with Gasteiger partial charge in [-0.25, -0.2) is 8.78 Å². The van der Waals surface area contributed by atoms with Crippen molar-refractivity contribution in [2.75, 3.05) is 0 Å². The smallest absolute Gasteiger partial charge is 0.202 e. The summed E-state index contributed by atoms with van der Waals surface area (Å²) in [6.07, 6.45) is -4.77. The van der Waals surface area contributed by atoms with E-state index in [1.165, 1.54) is 6.07 Å². The standard InChI is InChI=1S/C33H21F5/c1-32(34,35)24-17-23(18-25(19-24)33(36,37)38)31-28-12-6-4-10-26(28)30(27-11-5-7-13-29(27)31)22-15-14-20-8-2-3-9-21(20)16-22/h2-19H,1H3. The Balaban J connectivity index is 1.74. The van der Waals surface area contributed by atoms with Crippen molar-refractivity contribution >= 4 is 32.3 Å². The average molecular weight is 513 g/mol. The Bertz CT molecular complexity index is 1750. The summed E-state index contributed by atoms with van der Waals surface area (Å²) in [4.78, 5) is 0. The van der Waals surface area contributed by atoms with Crippen molar-refractivity contribution in [1.82, 2.24) is 0 Å². The number of alkyl halides is 5. The van der Waals surface area contributed by atoms with Crippen LogP contribution < -0.4 is 0 Å². The second-order valence-corrected chi connectivity index (χ2v) is 9.59. The molecular formula is C33H21F5. The van der Waals surface area contributed by atoms with Crippen LogP contribution in [0.25, 0.3) is 54.6 Å². The lowest BCUT2D eigenvalue weighted by Gasteiger charge is -2.20. The van der Waals surface area contributed by atoms with Crippen LogP contribution in [0.1, 0.15) is 18.1 Å². The predicted octanol–water partition coefficient (Wildman–Crippen LogP) is 10.6. The Morgan fingerprint density at radius 2 is 0.921 bits per heavy atom. The molecule has 0 saturated carbocycles. The van der Waals surface area contributed by atoms with Gasteiger partial charge in [0.25, 0.3) is 5.92 Å². The maximum Gasteiger partial charge on any atom is 0.416 e. The lowest BCUT2D eigenvalue weighted by Crippen LogP contribution is -2.12. The molecule has 0 nitrogen and oxygen atoms in total. The fraction of sp³-hybridized carbons (Fsp3) is 0.0909. The number of hydrogen-bond donors (Lipinski definition) is 0. The lowest BCUT2D eigenvalue weighted by atomic mass is 9.84. The molecule has 0 aliphatic rings. The summed E-state index contributed by atoms with van der Waals surface area (Å²) in [5.74, 6) is -3.44. The minimum absolute atomic E-state index is 0.105. The molecule has 0 heterocycles. The number of fused-ring (bicyclic) bond motifs is 3. The Labute approximate surface area is 216 Å². The van der Waals surface area contributed by atoms with E-state index in [1.54, 1.807) is 0 Å². The SMILES string of the molecule is CC(F)(F)c1cc(-c2c3ccccc3c(-c3ccc4ccccc4c3)c3ccccc23)cc(C(F)(F)F)c1. The minimum atomic E-state index is -4.77. The molecule has 6 aromatic carbocycles. The molecule has 0 aliphatic heterocycles. The van der Waals surface area contributed by atoms with Crippen LogP contribution in [-0.2, 0) is 12.1 Å². The fourth-order valence-corrected chi connectivity index (χ4v) is 5.28. The van der Waals surface area contributed by atoms with Gasteiger partial charge < -0.3 is 0 Å². The molecule has 38 heavy (non-hydrogen) atoms. The molecule has 0 aliphatic carbocycles. The van der Waals surface area contributed by atoms with Crippen molar-refractivity contribution in [3.05, 3.63) is 120 Å². The summed E-state index contributed by atoms with van der Waals surface area (Å²) in [5.41, 5.74) is 0.740. The van der Waals surface area contributed by atoms with Gasteiger partial charge in [-0.05, 0) is 78.8 Å². The van der Waals surface area contributed by atoms with Crippen molar-refractivity contribution in [3.8, 4) is 22.3 Å². The van der Waals surface area contributed by atoms with Gasteiger partial charge >= 0.3 is 6.18 Å². The van der Waals surface area contributed by atoms with E-state index >= 15 is 0 Å². The third kappa shape index (κ3) is 4.08. The van der Waals surface area contributed by atoms with Crippen molar-refractivity contribution in [2.24, 2.45) is 0 Å². The lowest BCUT2D eigenvalue weighted by molar-refractivity contribution is -0.137. The van der Waals surface area contributed by atoms with Crippen LogP contribution in [0.2, 0.25) is 0 Å². The van der Waals surface area contributed by atoms with E-state index in [2.05, 4.69) is 6.07 Å². The molecule has 0 radical (unpaired) electrons. The van der Waals surface area contributed by atoms with Crippen molar-refractivity contribution in [1.29, 1.82) is 0 Å². The van der Waals surface area contributed by atoms with Crippen molar-refractivity contribution in [2.45, 2.75) is 19.0 Å². The fourth-order valence-electron chi connectivity index (χ4n) is 5.28. The molecule has 0 fully saturated rings. The zero-order chi connectivity index (χ0) is 26.7. The van der Waals surface area contributed by atoms with Crippen LogP contribution in [-0.4, -0.2) is 0 Å². The maximum absolute atomic E-state index is 14.4. The number of benzene rings is 6. The van der Waals surface area contributed by atoms with Crippen molar-refractivity contribution in [3.63, 3.8) is 0 Å². The van der Waals surface area contributed by atoms with Gasteiger partial charge in [-0.2, -0.15) is 13.2 Å². The zero-order valence-corrected chi connectivity index (χ0v) is 20.3. The van der Waals surface area contributed by atoms with Crippen LogP contribution >= 0.6 is 0 Å². The Hall–Kier alpha value is -4.25. The molecular weight excluding hydrogens is 491 g/mol. The molecule has 0 unspecified atom stereocenters. The monoisotopic (exact) mass is 512 g/mol. The predicted molar refractivity (Wildman–Crippen MR) is 144 cm³/mol. The van der Waals surface area contributed by atoms with Crippen LogP contribution in [0.3, 0.4) is 0 Å². The van der Waals surface area contributed by atoms with E-state index in [4.69, 9.17) is 0 Å². The highest BCUT2D eigenvalue weighted by molar-refractivity contribution is 6.21. The van der Waals surface area contributed by atoms with Gasteiger partial charge in [-0.15, -0.1) is 0 Å². The van der Waals surface area contributed by atoms with Gasteiger partial charge in [-0.1, -0.05) is 84.9 Å². The summed E-state index contributed by atoms with van der Waals surface area (Å²) in [7, 11) is 0. The molecule has 6 aromatic rings. The van der Waals surface area contributed by atoms with E-state index < -0.39 is 23.2 Å². The molecule has 0 aromatic heterocycles. The summed E-state index contributed by atoms with van der Waals surface area (Å²) < 4.78 is 70.3. The van der Waals surface area contributed by atoms with Gasteiger partial charge in [0.1, 0.15) is 0 Å². The first-order valence-electron chi connectivity index (χ1n) is 12.1. The van der Waals surface area contributed by atoms with Gasteiger partial charge in [0, 0.05) is 12.5 Å². The second kappa shape index (κ2) is 8.66. The summed E-state index contributed by atoms with van der Waals surface area (Å²) in [6, 6.07) is 31.8. The Morgan fingerprint density at radius 3 is 1.45 bits per heavy atom. The van der Waals surface area contributed by atoms with E-state index in [9.17, 15) is 22.0 Å². The Kier molecular flexibility index (Phi) is 5.49. The summed E-state index contributed by atoms with van der Waals surface area (Å²) in [6.45, 7) is 0.616. The second-order valence-electron chi connectivity index (χ2n) is 9.59. The largest absolute Gasteiger partial charge is 0.416 e. The quantitative estimate of drug-likeness (QED) is 0.163. The average Bonchev–Trinajstić information content (AvgIpc) is 2.90. The first-order chi connectivity index (χ1) is 18.1. The molecule has 0 saturated heterocycles. The molecule has 0 amide bonds. The van der Waals surface area contributed by atoms with Crippen LogP contribution in [0.5, 0.6) is 0 Å². The summed E-state index contributed by atoms with van der Waals surface area (Å²) in [5, 5.41) is 5.21. The van der Waals surface area contributed by atoms with Gasteiger partial charge in [0.05, 0.1) is 5.56 Å². The molecule has 0 N–H and O–H groups in total. The van der Waals surface area contributed by atoms with Crippen LogP contribution in [0.15, 0.2) is 109 Å². The van der Waals surface area contributed by atoms with E-state index in [-0.39, 0.29) is 5.56 Å². The highest BCUT2D eigenvalue weighted by Gasteiger charge is 2.35. The molecule has 0 bridgehead atoms. The van der Waals surface area contributed by atoms with Gasteiger partial charge in [-0.3, -0.25) is 0 Å². The highest BCUT2D eigenvalue weighted by Crippen LogP contribution is 2.46. The van der Waals surface area contributed by atoms with E-state index in [1.807, 2.05) is 84.9 Å². The third-order valence-electron chi connectivity index (χ3n) is 7.03. The molecule has 0 spiro atoms. The minimum Gasteiger partial charge on any atom is -0.202 e. The van der Waals surface area contributed by atoms with Gasteiger partial charge in [0.2, 0.25) is 0 Å². The van der Waals surface area contributed by atoms with Gasteiger partial charge in [0.15, 0.2) is 0 Å². The molecule has 188 valence electrons. The van der Waals surface area contributed by atoms with Crippen LogP contribution in [0.4, 0.5) is 22.0 Å². The zero-order valence-electron chi connectivity index (χ0n) is 20.3. The molecule has 5 heteroatoms. The van der Waals surface area contributed by atoms with Crippen molar-refractivity contribution < 1.29 is 22.0 Å². The maximum atomic E-state index is 14.4. The van der Waals surface area contributed by atoms with E-state index in [0.717, 1.165) is 38.7 Å². The number of rotatable bonds is 3. The normalized spacial score (nSPS) is 12.5.